The fourth-order valence-electron chi connectivity index (χ4n) is 2.67. The predicted molar refractivity (Wildman–Crippen MR) is 74.9 cm³/mol. The maximum Gasteiger partial charge on any atom is 0.273 e. The maximum atomic E-state index is 11.3. The van der Waals surface area contributed by atoms with Crippen LogP contribution in [0.1, 0.15) is 25.3 Å². The largest absolute Gasteiger partial charge is 0.369 e. The summed E-state index contributed by atoms with van der Waals surface area (Å²) in [6.45, 7) is 3.12. The molecular formula is C14H19N3O3. The van der Waals surface area contributed by atoms with Crippen molar-refractivity contribution < 1.29 is 9.72 Å². The Hall–Kier alpha value is -1.95. The Labute approximate surface area is 117 Å². The standard InChI is InChI=1S/C14H19N3O3/c1-10-6-7-12(14(15)18)9-16(10)8-11-4-2-3-5-13(11)17(19)20/h2-5,10,12H,6-9H2,1H3,(H2,15,18)/t10-,12+/m0/s1. The summed E-state index contributed by atoms with van der Waals surface area (Å²) in [5.74, 6) is -0.446. The number of likely N-dealkylation sites (tertiary alicyclic amines) is 1. The Morgan fingerprint density at radius 1 is 1.45 bits per heavy atom. The molecule has 108 valence electrons. The quantitative estimate of drug-likeness (QED) is 0.669. The first kappa shape index (κ1) is 14.5. The van der Waals surface area contributed by atoms with Gasteiger partial charge in [-0.1, -0.05) is 18.2 Å². The first-order valence-electron chi connectivity index (χ1n) is 6.74. The number of hydrogen-bond acceptors (Lipinski definition) is 4. The van der Waals surface area contributed by atoms with Gasteiger partial charge in [-0.2, -0.15) is 0 Å². The topological polar surface area (TPSA) is 89.5 Å². The van der Waals surface area contributed by atoms with Gasteiger partial charge in [-0.15, -0.1) is 0 Å². The van der Waals surface area contributed by atoms with Crippen LogP contribution in [-0.4, -0.2) is 28.3 Å². The molecule has 0 radical (unpaired) electrons. The normalized spacial score (nSPS) is 23.4. The summed E-state index contributed by atoms with van der Waals surface area (Å²) in [4.78, 5) is 24.1. The molecule has 1 aliphatic heterocycles. The highest BCUT2D eigenvalue weighted by atomic mass is 16.6. The van der Waals surface area contributed by atoms with Gasteiger partial charge in [0.2, 0.25) is 5.91 Å². The van der Waals surface area contributed by atoms with Crippen molar-refractivity contribution in [3.05, 3.63) is 39.9 Å². The number of nitrogens with two attached hydrogens (primary N) is 1. The molecule has 0 aromatic heterocycles. The second kappa shape index (κ2) is 6.00. The van der Waals surface area contributed by atoms with Crippen LogP contribution in [-0.2, 0) is 11.3 Å². The SMILES string of the molecule is C[C@H]1CC[C@@H](C(N)=O)CN1Cc1ccccc1[N+](=O)[O-]. The van der Waals surface area contributed by atoms with Crippen LogP contribution < -0.4 is 5.73 Å². The third-order valence-electron chi connectivity index (χ3n) is 3.98. The van der Waals surface area contributed by atoms with Crippen molar-refractivity contribution in [1.29, 1.82) is 0 Å². The fraction of sp³-hybridized carbons (Fsp3) is 0.500. The highest BCUT2D eigenvalue weighted by Crippen LogP contribution is 2.26. The van der Waals surface area contributed by atoms with E-state index >= 15 is 0 Å². The van der Waals surface area contributed by atoms with Crippen molar-refractivity contribution in [2.75, 3.05) is 6.54 Å². The molecule has 20 heavy (non-hydrogen) atoms. The lowest BCUT2D eigenvalue weighted by Gasteiger charge is -2.36. The van der Waals surface area contributed by atoms with Gasteiger partial charge in [0.15, 0.2) is 0 Å². The highest BCUT2D eigenvalue weighted by molar-refractivity contribution is 5.77. The number of benzene rings is 1. The second-order valence-corrected chi connectivity index (χ2v) is 5.34. The summed E-state index contributed by atoms with van der Waals surface area (Å²) in [5.41, 5.74) is 6.17. The van der Waals surface area contributed by atoms with E-state index in [9.17, 15) is 14.9 Å². The fourth-order valence-corrected chi connectivity index (χ4v) is 2.67. The van der Waals surface area contributed by atoms with Crippen molar-refractivity contribution in [2.45, 2.75) is 32.4 Å². The minimum absolute atomic E-state index is 0.126. The number of amides is 1. The van der Waals surface area contributed by atoms with E-state index in [2.05, 4.69) is 11.8 Å². The van der Waals surface area contributed by atoms with Gasteiger partial charge >= 0.3 is 0 Å². The number of hydrogen-bond donors (Lipinski definition) is 1. The zero-order valence-corrected chi connectivity index (χ0v) is 11.5. The molecule has 6 heteroatoms. The Balaban J connectivity index is 2.16. The van der Waals surface area contributed by atoms with Crippen LogP contribution >= 0.6 is 0 Å². The van der Waals surface area contributed by atoms with Crippen LogP contribution in [0.15, 0.2) is 24.3 Å². The Bertz CT molecular complexity index is 518. The molecule has 1 aliphatic rings. The molecule has 2 atom stereocenters. The zero-order valence-electron chi connectivity index (χ0n) is 11.5. The van der Waals surface area contributed by atoms with Gasteiger partial charge in [0.05, 0.1) is 10.8 Å². The number of carbonyl (C=O) groups excluding carboxylic acids is 1. The first-order chi connectivity index (χ1) is 9.49. The van der Waals surface area contributed by atoms with Gasteiger partial charge in [0, 0.05) is 30.8 Å². The molecule has 0 saturated carbocycles. The lowest BCUT2D eigenvalue weighted by Crippen LogP contribution is -2.45. The monoisotopic (exact) mass is 277 g/mol. The molecule has 6 nitrogen and oxygen atoms in total. The third-order valence-corrected chi connectivity index (χ3v) is 3.98. The molecule has 2 rings (SSSR count). The van der Waals surface area contributed by atoms with Crippen molar-refractivity contribution in [3.63, 3.8) is 0 Å². The highest BCUT2D eigenvalue weighted by Gasteiger charge is 2.29. The number of primary amides is 1. The van der Waals surface area contributed by atoms with Gasteiger partial charge < -0.3 is 5.73 Å². The lowest BCUT2D eigenvalue weighted by atomic mass is 9.92. The average molecular weight is 277 g/mol. The summed E-state index contributed by atoms with van der Waals surface area (Å²) in [6, 6.07) is 7.02. The third kappa shape index (κ3) is 3.14. The van der Waals surface area contributed by atoms with Crippen molar-refractivity contribution in [2.24, 2.45) is 11.7 Å². The molecule has 2 N–H and O–H groups in total. The van der Waals surface area contributed by atoms with Crippen LogP contribution in [0, 0.1) is 16.0 Å². The van der Waals surface area contributed by atoms with E-state index in [0.717, 1.165) is 12.8 Å². The van der Waals surface area contributed by atoms with Crippen LogP contribution in [0.2, 0.25) is 0 Å². The molecule has 1 heterocycles. The number of nitro groups is 1. The Morgan fingerprint density at radius 3 is 2.80 bits per heavy atom. The minimum atomic E-state index is -0.366. The number of nitrogens with zero attached hydrogens (tertiary/aromatic N) is 2. The molecule has 0 unspecified atom stereocenters. The Morgan fingerprint density at radius 2 is 2.15 bits per heavy atom. The summed E-state index contributed by atoms with van der Waals surface area (Å²) >= 11 is 0. The van der Waals surface area contributed by atoms with Crippen molar-refractivity contribution in [1.82, 2.24) is 4.90 Å². The summed E-state index contributed by atoms with van der Waals surface area (Å²) in [6.07, 6.45) is 1.68. The van der Waals surface area contributed by atoms with Crippen molar-refractivity contribution in [3.8, 4) is 0 Å². The smallest absolute Gasteiger partial charge is 0.273 e. The van der Waals surface area contributed by atoms with E-state index in [1.165, 1.54) is 6.07 Å². The van der Waals surface area contributed by atoms with E-state index in [1.807, 2.05) is 0 Å². The minimum Gasteiger partial charge on any atom is -0.369 e. The van der Waals surface area contributed by atoms with Gasteiger partial charge in [0.25, 0.3) is 5.69 Å². The maximum absolute atomic E-state index is 11.3. The summed E-state index contributed by atoms with van der Waals surface area (Å²) < 4.78 is 0. The summed E-state index contributed by atoms with van der Waals surface area (Å²) in [7, 11) is 0. The number of para-hydroxylation sites is 1. The number of piperidine rings is 1. The molecule has 1 amide bonds. The van der Waals surface area contributed by atoms with Crippen LogP contribution in [0.5, 0.6) is 0 Å². The van der Waals surface area contributed by atoms with Gasteiger partial charge in [-0.3, -0.25) is 19.8 Å². The van der Waals surface area contributed by atoms with Crippen LogP contribution in [0.4, 0.5) is 5.69 Å². The van der Waals surface area contributed by atoms with E-state index in [4.69, 9.17) is 5.73 Å². The second-order valence-electron chi connectivity index (χ2n) is 5.34. The molecule has 1 aromatic rings. The van der Waals surface area contributed by atoms with E-state index < -0.39 is 0 Å². The zero-order chi connectivity index (χ0) is 14.7. The van der Waals surface area contributed by atoms with Crippen molar-refractivity contribution >= 4 is 11.6 Å². The molecule has 1 aromatic carbocycles. The molecule has 1 fully saturated rings. The number of carbonyl (C=O) groups is 1. The van der Waals surface area contributed by atoms with Crippen LogP contribution in [0.25, 0.3) is 0 Å². The van der Waals surface area contributed by atoms with E-state index in [0.29, 0.717) is 24.7 Å². The predicted octanol–water partition coefficient (Wildman–Crippen LogP) is 1.68. The average Bonchev–Trinajstić information content (AvgIpc) is 2.41. The summed E-state index contributed by atoms with van der Waals surface area (Å²) in [5, 5.41) is 11.0. The molecule has 0 aliphatic carbocycles. The lowest BCUT2D eigenvalue weighted by molar-refractivity contribution is -0.385. The molecule has 1 saturated heterocycles. The first-order valence-corrected chi connectivity index (χ1v) is 6.74. The molecule has 0 spiro atoms. The van der Waals surface area contributed by atoms with Crippen LogP contribution in [0.3, 0.4) is 0 Å². The number of nitro benzene ring substituents is 1. The molecular weight excluding hydrogens is 258 g/mol. The van der Waals surface area contributed by atoms with Gasteiger partial charge in [-0.25, -0.2) is 0 Å². The van der Waals surface area contributed by atoms with Gasteiger partial charge in [-0.05, 0) is 19.8 Å². The number of rotatable bonds is 4. The van der Waals surface area contributed by atoms with Gasteiger partial charge in [0.1, 0.15) is 0 Å². The van der Waals surface area contributed by atoms with E-state index in [1.54, 1.807) is 18.2 Å². The Kier molecular flexibility index (Phi) is 4.34. The van der Waals surface area contributed by atoms with E-state index in [-0.39, 0.29) is 22.4 Å². The molecule has 0 bridgehead atoms.